The Morgan fingerprint density at radius 2 is 1.57 bits per heavy atom. The molecular formula is C30H36ClN3O5S. The molecule has 0 heterocycles. The summed E-state index contributed by atoms with van der Waals surface area (Å²) in [4.78, 5) is 28.3. The molecule has 10 heteroatoms. The van der Waals surface area contributed by atoms with Crippen molar-refractivity contribution in [3.8, 4) is 5.75 Å². The van der Waals surface area contributed by atoms with E-state index < -0.39 is 28.5 Å². The van der Waals surface area contributed by atoms with Crippen molar-refractivity contribution in [3.05, 3.63) is 88.9 Å². The monoisotopic (exact) mass is 585 g/mol. The molecule has 0 bridgehead atoms. The largest absolute Gasteiger partial charge is 0.494 e. The van der Waals surface area contributed by atoms with Gasteiger partial charge in [-0.25, -0.2) is 8.42 Å². The van der Waals surface area contributed by atoms with Gasteiger partial charge in [0.15, 0.2) is 0 Å². The summed E-state index contributed by atoms with van der Waals surface area (Å²) < 4.78 is 34.4. The molecule has 3 rings (SSSR count). The Bertz CT molecular complexity index is 1410. The fourth-order valence-electron chi connectivity index (χ4n) is 4.04. The summed E-state index contributed by atoms with van der Waals surface area (Å²) >= 11 is 6.39. The number of nitrogens with zero attached hydrogens (tertiary/aromatic N) is 2. The first kappa shape index (κ1) is 31.0. The summed E-state index contributed by atoms with van der Waals surface area (Å²) in [7, 11) is -4.15. The zero-order chi connectivity index (χ0) is 29.4. The highest BCUT2D eigenvalue weighted by molar-refractivity contribution is 7.92. The van der Waals surface area contributed by atoms with Crippen molar-refractivity contribution in [3.63, 3.8) is 0 Å². The highest BCUT2D eigenvalue weighted by Gasteiger charge is 2.33. The number of ether oxygens (including phenoxy) is 1. The van der Waals surface area contributed by atoms with E-state index >= 15 is 0 Å². The maximum Gasteiger partial charge on any atom is 0.264 e. The van der Waals surface area contributed by atoms with Crippen LogP contribution in [0, 0.1) is 6.92 Å². The third-order valence-corrected chi connectivity index (χ3v) is 8.38. The Labute approximate surface area is 241 Å². The summed E-state index contributed by atoms with van der Waals surface area (Å²) in [6, 6.07) is 18.9. The Hall–Kier alpha value is -3.56. The molecule has 0 radical (unpaired) electrons. The summed E-state index contributed by atoms with van der Waals surface area (Å²) in [5, 5.41) is 3.27. The van der Waals surface area contributed by atoms with Gasteiger partial charge in [0.1, 0.15) is 18.3 Å². The van der Waals surface area contributed by atoms with Crippen LogP contribution in [-0.2, 0) is 26.2 Å². The Morgan fingerprint density at radius 1 is 0.950 bits per heavy atom. The summed E-state index contributed by atoms with van der Waals surface area (Å²) in [6.45, 7) is 8.92. The van der Waals surface area contributed by atoms with Gasteiger partial charge in [-0.1, -0.05) is 47.5 Å². The quantitative estimate of drug-likeness (QED) is 0.316. The van der Waals surface area contributed by atoms with Crippen LogP contribution in [-0.4, -0.2) is 50.4 Å². The molecule has 0 aliphatic heterocycles. The third kappa shape index (κ3) is 7.76. The highest BCUT2D eigenvalue weighted by Crippen LogP contribution is 2.27. The predicted molar refractivity (Wildman–Crippen MR) is 158 cm³/mol. The lowest BCUT2D eigenvalue weighted by molar-refractivity contribution is -0.139. The number of rotatable bonds is 12. The maximum absolute atomic E-state index is 13.9. The number of anilines is 1. The zero-order valence-corrected chi connectivity index (χ0v) is 25.0. The van der Waals surface area contributed by atoms with Crippen molar-refractivity contribution in [2.45, 2.75) is 58.1 Å². The molecule has 214 valence electrons. The van der Waals surface area contributed by atoms with Crippen LogP contribution in [0.1, 0.15) is 38.8 Å². The van der Waals surface area contributed by atoms with Gasteiger partial charge in [-0.05, 0) is 82.6 Å². The van der Waals surface area contributed by atoms with Gasteiger partial charge >= 0.3 is 0 Å². The summed E-state index contributed by atoms with van der Waals surface area (Å²) in [5.74, 6) is -0.343. The Balaban J connectivity index is 2.04. The SMILES string of the molecule is CCOc1ccc(N(CC(=O)N(Cc2ccccc2Cl)[C@H](C)C(=O)NC(C)C)S(=O)(=O)c2ccc(C)cc2)cc1. The van der Waals surface area contributed by atoms with Crippen LogP contribution < -0.4 is 14.4 Å². The molecule has 0 saturated carbocycles. The fraction of sp³-hybridized carbons (Fsp3) is 0.333. The molecule has 0 aromatic heterocycles. The molecule has 0 unspecified atom stereocenters. The summed E-state index contributed by atoms with van der Waals surface area (Å²) in [6.07, 6.45) is 0. The Kier molecular flexibility index (Phi) is 10.6. The first-order chi connectivity index (χ1) is 18.9. The molecule has 1 N–H and O–H groups in total. The molecule has 0 fully saturated rings. The van der Waals surface area contributed by atoms with E-state index in [1.807, 2.05) is 27.7 Å². The van der Waals surface area contributed by atoms with Gasteiger partial charge in [0.2, 0.25) is 11.8 Å². The number of halogens is 1. The Morgan fingerprint density at radius 3 is 2.15 bits per heavy atom. The number of sulfonamides is 1. The van der Waals surface area contributed by atoms with Crippen molar-refractivity contribution in [2.75, 3.05) is 17.5 Å². The van der Waals surface area contributed by atoms with Gasteiger partial charge in [-0.3, -0.25) is 13.9 Å². The average Bonchev–Trinajstić information content (AvgIpc) is 2.91. The van der Waals surface area contributed by atoms with Gasteiger partial charge < -0.3 is 15.0 Å². The minimum Gasteiger partial charge on any atom is -0.494 e. The van der Waals surface area contributed by atoms with Crippen molar-refractivity contribution < 1.29 is 22.7 Å². The van der Waals surface area contributed by atoms with Crippen LogP contribution in [0.25, 0.3) is 0 Å². The lowest BCUT2D eigenvalue weighted by Gasteiger charge is -2.32. The van der Waals surface area contributed by atoms with Crippen LogP contribution in [0.5, 0.6) is 5.75 Å². The first-order valence-corrected chi connectivity index (χ1v) is 14.9. The van der Waals surface area contributed by atoms with Crippen molar-refractivity contribution in [2.24, 2.45) is 0 Å². The van der Waals surface area contributed by atoms with Crippen LogP contribution in [0.2, 0.25) is 5.02 Å². The lowest BCUT2D eigenvalue weighted by Crippen LogP contribution is -2.52. The number of aryl methyl sites for hydroxylation is 1. The van der Waals surface area contributed by atoms with Gasteiger partial charge in [0.05, 0.1) is 17.2 Å². The maximum atomic E-state index is 13.9. The van der Waals surface area contributed by atoms with E-state index in [2.05, 4.69) is 5.32 Å². The topological polar surface area (TPSA) is 96.0 Å². The molecule has 3 aromatic rings. The van der Waals surface area contributed by atoms with Gasteiger partial charge in [0.25, 0.3) is 10.0 Å². The van der Waals surface area contributed by atoms with Crippen molar-refractivity contribution in [1.29, 1.82) is 0 Å². The lowest BCUT2D eigenvalue weighted by atomic mass is 10.1. The van der Waals surface area contributed by atoms with E-state index in [1.165, 1.54) is 17.0 Å². The second kappa shape index (κ2) is 13.7. The molecule has 0 aliphatic rings. The van der Waals surface area contributed by atoms with Crippen LogP contribution >= 0.6 is 11.6 Å². The minimum atomic E-state index is -4.15. The van der Waals surface area contributed by atoms with E-state index in [0.29, 0.717) is 22.9 Å². The van der Waals surface area contributed by atoms with E-state index in [1.54, 1.807) is 67.6 Å². The van der Waals surface area contributed by atoms with Crippen molar-refractivity contribution >= 4 is 39.1 Å². The predicted octanol–water partition coefficient (Wildman–Crippen LogP) is 5.18. The fourth-order valence-corrected chi connectivity index (χ4v) is 5.65. The molecule has 40 heavy (non-hydrogen) atoms. The molecule has 8 nitrogen and oxygen atoms in total. The number of carbonyl (C=O) groups excluding carboxylic acids is 2. The molecule has 0 spiro atoms. The highest BCUT2D eigenvalue weighted by atomic mass is 35.5. The van der Waals surface area contributed by atoms with E-state index in [4.69, 9.17) is 16.3 Å². The van der Waals surface area contributed by atoms with Crippen LogP contribution in [0.3, 0.4) is 0 Å². The third-order valence-electron chi connectivity index (χ3n) is 6.22. The number of hydrogen-bond donors (Lipinski definition) is 1. The van der Waals surface area contributed by atoms with Crippen LogP contribution in [0.15, 0.2) is 77.7 Å². The number of amides is 2. The normalized spacial score (nSPS) is 12.1. The molecule has 1 atom stereocenters. The van der Waals surface area contributed by atoms with Gasteiger partial charge in [-0.15, -0.1) is 0 Å². The summed E-state index contributed by atoms with van der Waals surface area (Å²) in [5.41, 5.74) is 1.82. The molecule has 2 amide bonds. The van der Waals surface area contributed by atoms with E-state index in [9.17, 15) is 18.0 Å². The average molecular weight is 586 g/mol. The smallest absolute Gasteiger partial charge is 0.264 e. The minimum absolute atomic E-state index is 0.0207. The second-order valence-electron chi connectivity index (χ2n) is 9.70. The first-order valence-electron chi connectivity index (χ1n) is 13.1. The molecular weight excluding hydrogens is 550 g/mol. The van der Waals surface area contributed by atoms with Gasteiger partial charge in [-0.2, -0.15) is 0 Å². The number of carbonyl (C=O) groups is 2. The van der Waals surface area contributed by atoms with E-state index in [0.717, 1.165) is 9.87 Å². The molecule has 3 aromatic carbocycles. The standard InChI is InChI=1S/C30H36ClN3O5S/c1-6-39-26-15-13-25(14-16-26)34(40(37,38)27-17-11-22(4)12-18-27)20-29(35)33(23(5)30(36)32-21(2)3)19-24-9-7-8-10-28(24)31/h7-18,21,23H,6,19-20H2,1-5H3,(H,32,36)/t23-/m1/s1. The number of nitrogens with one attached hydrogen (secondary N) is 1. The molecule has 0 saturated heterocycles. The second-order valence-corrected chi connectivity index (χ2v) is 12.0. The number of benzene rings is 3. The van der Waals surface area contributed by atoms with Crippen LogP contribution in [0.4, 0.5) is 5.69 Å². The molecule has 0 aliphatic carbocycles. The van der Waals surface area contributed by atoms with E-state index in [-0.39, 0.29) is 29.1 Å². The number of hydrogen-bond acceptors (Lipinski definition) is 5. The zero-order valence-electron chi connectivity index (χ0n) is 23.4. The van der Waals surface area contributed by atoms with Crippen molar-refractivity contribution in [1.82, 2.24) is 10.2 Å². The van der Waals surface area contributed by atoms with Gasteiger partial charge in [0, 0.05) is 17.6 Å².